The van der Waals surface area contributed by atoms with E-state index in [1.807, 2.05) is 30.3 Å². The number of carbonyl (C=O) groups excluding carboxylic acids is 1. The molecule has 3 nitrogen and oxygen atoms in total. The Bertz CT molecular complexity index is 308. The third-order valence-electron chi connectivity index (χ3n) is 2.10. The van der Waals surface area contributed by atoms with Crippen molar-refractivity contribution in [3.63, 3.8) is 0 Å². The topological polar surface area (TPSA) is 46.5 Å². The molecule has 1 atom stereocenters. The lowest BCUT2D eigenvalue weighted by Gasteiger charge is -2.11. The van der Waals surface area contributed by atoms with Crippen LogP contribution in [0.3, 0.4) is 0 Å². The van der Waals surface area contributed by atoms with Crippen molar-refractivity contribution >= 4 is 5.78 Å². The summed E-state index contributed by atoms with van der Waals surface area (Å²) in [4.78, 5) is 21.2. The van der Waals surface area contributed by atoms with E-state index in [-0.39, 0.29) is 18.2 Å². The Balaban J connectivity index is 2.77. The van der Waals surface area contributed by atoms with Gasteiger partial charge in [-0.15, -0.1) is 0 Å². The Morgan fingerprint density at radius 2 is 2.00 bits per heavy atom. The molecule has 0 radical (unpaired) electrons. The Morgan fingerprint density at radius 1 is 1.36 bits per heavy atom. The van der Waals surface area contributed by atoms with Gasteiger partial charge < -0.3 is 4.79 Å². The largest absolute Gasteiger partial charge is 0.300 e. The van der Waals surface area contributed by atoms with Gasteiger partial charge in [0.05, 0.1) is 6.54 Å². The van der Waals surface area contributed by atoms with E-state index in [0.29, 0.717) is 6.42 Å². The van der Waals surface area contributed by atoms with Crippen molar-refractivity contribution in [2.45, 2.75) is 19.3 Å². The van der Waals surface area contributed by atoms with Gasteiger partial charge in [-0.05, 0) is 12.5 Å². The van der Waals surface area contributed by atoms with Crippen LogP contribution in [0.5, 0.6) is 0 Å². The molecular weight excluding hydrogens is 178 g/mol. The van der Waals surface area contributed by atoms with Crippen LogP contribution in [0, 0.1) is 4.91 Å². The van der Waals surface area contributed by atoms with E-state index in [0.717, 1.165) is 5.56 Å². The quantitative estimate of drug-likeness (QED) is 0.671. The number of ketones is 1. The minimum absolute atomic E-state index is 0.0637. The predicted octanol–water partition coefficient (Wildman–Crippen LogP) is 2.52. The van der Waals surface area contributed by atoms with Crippen LogP contribution in [0.4, 0.5) is 0 Å². The smallest absolute Gasteiger partial charge is 0.130 e. The first-order chi connectivity index (χ1) is 6.74. The molecule has 0 bridgehead atoms. The van der Waals surface area contributed by atoms with Gasteiger partial charge in [0.2, 0.25) is 0 Å². The lowest BCUT2D eigenvalue weighted by molar-refractivity contribution is -0.117. The van der Waals surface area contributed by atoms with E-state index in [4.69, 9.17) is 0 Å². The maximum Gasteiger partial charge on any atom is 0.130 e. The van der Waals surface area contributed by atoms with E-state index in [2.05, 4.69) is 5.18 Å². The van der Waals surface area contributed by atoms with Crippen LogP contribution in [-0.4, -0.2) is 12.3 Å². The number of Topliss-reactive ketones (excluding diaryl/α,β-unsaturated/α-hetero) is 1. The molecule has 0 heterocycles. The summed E-state index contributed by atoms with van der Waals surface area (Å²) in [6.07, 6.45) is 0.385. The van der Waals surface area contributed by atoms with Crippen molar-refractivity contribution in [2.75, 3.05) is 6.54 Å². The van der Waals surface area contributed by atoms with Gasteiger partial charge in [-0.3, -0.25) is 0 Å². The number of hydrogen-bond donors (Lipinski definition) is 0. The van der Waals surface area contributed by atoms with Crippen molar-refractivity contribution in [1.82, 2.24) is 0 Å². The minimum atomic E-state index is -0.0637. The molecule has 0 spiro atoms. The molecule has 0 aliphatic rings. The van der Waals surface area contributed by atoms with E-state index < -0.39 is 0 Å². The van der Waals surface area contributed by atoms with Crippen LogP contribution in [0.25, 0.3) is 0 Å². The van der Waals surface area contributed by atoms with Crippen LogP contribution >= 0.6 is 0 Å². The molecule has 0 saturated carbocycles. The maximum absolute atomic E-state index is 11.0. The first kappa shape index (κ1) is 10.6. The fourth-order valence-corrected chi connectivity index (χ4v) is 1.45. The second-order valence-electron chi connectivity index (χ2n) is 3.33. The first-order valence-corrected chi connectivity index (χ1v) is 4.57. The molecule has 1 aromatic carbocycles. The highest BCUT2D eigenvalue weighted by atomic mass is 16.3. The van der Waals surface area contributed by atoms with Crippen molar-refractivity contribution in [2.24, 2.45) is 5.18 Å². The van der Waals surface area contributed by atoms with Crippen LogP contribution < -0.4 is 0 Å². The second kappa shape index (κ2) is 5.27. The first-order valence-electron chi connectivity index (χ1n) is 4.57. The number of nitrogens with zero attached hydrogens (tertiary/aromatic N) is 1. The summed E-state index contributed by atoms with van der Waals surface area (Å²) in [5.41, 5.74) is 1.00. The monoisotopic (exact) mass is 191 g/mol. The highest BCUT2D eigenvalue weighted by Gasteiger charge is 2.13. The average molecular weight is 191 g/mol. The fraction of sp³-hybridized carbons (Fsp3) is 0.364. The zero-order valence-electron chi connectivity index (χ0n) is 8.14. The van der Waals surface area contributed by atoms with E-state index in [1.165, 1.54) is 6.92 Å². The molecule has 0 N–H and O–H groups in total. The third kappa shape index (κ3) is 3.09. The van der Waals surface area contributed by atoms with E-state index >= 15 is 0 Å². The Labute approximate surface area is 83.1 Å². The van der Waals surface area contributed by atoms with Gasteiger partial charge in [-0.2, -0.15) is 4.91 Å². The molecule has 0 fully saturated rings. The molecule has 1 rings (SSSR count). The zero-order valence-corrected chi connectivity index (χ0v) is 8.14. The number of hydrogen-bond acceptors (Lipinski definition) is 3. The molecule has 0 amide bonds. The van der Waals surface area contributed by atoms with Crippen LogP contribution in [0.1, 0.15) is 24.8 Å². The number of nitroso groups, excluding NO2 is 1. The molecule has 0 saturated heterocycles. The molecule has 0 aliphatic heterocycles. The molecule has 74 valence electrons. The summed E-state index contributed by atoms with van der Waals surface area (Å²) in [6, 6.07) is 9.53. The van der Waals surface area contributed by atoms with Crippen molar-refractivity contribution in [3.8, 4) is 0 Å². The lowest BCUT2D eigenvalue weighted by Crippen LogP contribution is -2.07. The summed E-state index contributed by atoms with van der Waals surface area (Å²) in [5, 5.41) is 2.86. The highest BCUT2D eigenvalue weighted by Crippen LogP contribution is 2.19. The molecule has 3 heteroatoms. The third-order valence-corrected chi connectivity index (χ3v) is 2.10. The molecule has 1 unspecified atom stereocenters. The zero-order chi connectivity index (χ0) is 10.4. The molecule has 1 aromatic rings. The van der Waals surface area contributed by atoms with Crippen LogP contribution in [0.15, 0.2) is 35.5 Å². The fourth-order valence-electron chi connectivity index (χ4n) is 1.45. The minimum Gasteiger partial charge on any atom is -0.300 e. The maximum atomic E-state index is 11.0. The Morgan fingerprint density at radius 3 is 2.50 bits per heavy atom. The van der Waals surface area contributed by atoms with Gasteiger partial charge in [0.25, 0.3) is 0 Å². The van der Waals surface area contributed by atoms with Crippen molar-refractivity contribution in [3.05, 3.63) is 40.8 Å². The van der Waals surface area contributed by atoms with Gasteiger partial charge in [0, 0.05) is 12.3 Å². The Hall–Kier alpha value is -1.51. The molecular formula is C11H13NO2. The number of carbonyl (C=O) groups is 1. The van der Waals surface area contributed by atoms with E-state index in [9.17, 15) is 9.70 Å². The number of benzene rings is 1. The van der Waals surface area contributed by atoms with Crippen LogP contribution in [0.2, 0.25) is 0 Å². The number of rotatable bonds is 5. The van der Waals surface area contributed by atoms with Gasteiger partial charge in [-0.25, -0.2) is 0 Å². The van der Waals surface area contributed by atoms with Crippen molar-refractivity contribution < 1.29 is 4.79 Å². The summed E-state index contributed by atoms with van der Waals surface area (Å²) in [6.45, 7) is 1.70. The average Bonchev–Trinajstić information content (AvgIpc) is 2.18. The summed E-state index contributed by atoms with van der Waals surface area (Å²) in [7, 11) is 0. The van der Waals surface area contributed by atoms with Gasteiger partial charge in [0.15, 0.2) is 0 Å². The summed E-state index contributed by atoms with van der Waals surface area (Å²) >= 11 is 0. The van der Waals surface area contributed by atoms with Crippen LogP contribution in [-0.2, 0) is 4.79 Å². The molecule has 0 aliphatic carbocycles. The molecule has 14 heavy (non-hydrogen) atoms. The van der Waals surface area contributed by atoms with Crippen molar-refractivity contribution in [1.29, 1.82) is 0 Å². The normalized spacial score (nSPS) is 12.1. The predicted molar refractivity (Wildman–Crippen MR) is 55.1 cm³/mol. The summed E-state index contributed by atoms with van der Waals surface area (Å²) < 4.78 is 0. The van der Waals surface area contributed by atoms with Gasteiger partial charge >= 0.3 is 0 Å². The molecule has 0 aromatic heterocycles. The lowest BCUT2D eigenvalue weighted by atomic mass is 9.94. The standard InChI is InChI=1S/C11H13NO2/c1-9(13)7-11(8-12-14)10-5-3-2-4-6-10/h2-6,11H,7-8H2,1H3. The highest BCUT2D eigenvalue weighted by molar-refractivity contribution is 5.76. The Kier molecular flexibility index (Phi) is 3.98. The summed E-state index contributed by atoms with van der Waals surface area (Å²) in [5.74, 6) is 0.0219. The van der Waals surface area contributed by atoms with Gasteiger partial charge in [-0.1, -0.05) is 35.5 Å². The second-order valence-corrected chi connectivity index (χ2v) is 3.33. The van der Waals surface area contributed by atoms with E-state index in [1.54, 1.807) is 0 Å². The SMILES string of the molecule is CC(=O)CC(CN=O)c1ccccc1. The van der Waals surface area contributed by atoms with Gasteiger partial charge in [0.1, 0.15) is 5.78 Å².